The standard InChI is InChI=1S/C13H20N2O4S/c1-18-11-6-7-12(13(10-11)19-2)14-20(16,17)15-8-4-3-5-9-15/h6-7,10,14H,3-5,8-9H2,1-2H3. The minimum absolute atomic E-state index is 0.416. The first-order valence-corrected chi connectivity index (χ1v) is 8.01. The van der Waals surface area contributed by atoms with Crippen LogP contribution < -0.4 is 14.2 Å². The second-order valence-corrected chi connectivity index (χ2v) is 6.30. The van der Waals surface area contributed by atoms with Crippen LogP contribution in [0.15, 0.2) is 18.2 Å². The number of nitrogens with one attached hydrogen (secondary N) is 1. The van der Waals surface area contributed by atoms with Crippen molar-refractivity contribution in [3.8, 4) is 11.5 Å². The van der Waals surface area contributed by atoms with Crippen molar-refractivity contribution in [3.63, 3.8) is 0 Å². The molecule has 6 nitrogen and oxygen atoms in total. The molecule has 0 unspecified atom stereocenters. The molecule has 1 aliphatic heterocycles. The maximum Gasteiger partial charge on any atom is 0.301 e. The Morgan fingerprint density at radius 2 is 1.80 bits per heavy atom. The van der Waals surface area contributed by atoms with Crippen LogP contribution in [0.3, 0.4) is 0 Å². The van der Waals surface area contributed by atoms with Crippen molar-refractivity contribution >= 4 is 15.9 Å². The van der Waals surface area contributed by atoms with Gasteiger partial charge in [-0.05, 0) is 25.0 Å². The minimum atomic E-state index is -3.53. The molecule has 1 fully saturated rings. The summed E-state index contributed by atoms with van der Waals surface area (Å²) in [5.74, 6) is 1.05. The summed E-state index contributed by atoms with van der Waals surface area (Å²) in [7, 11) is -0.485. The van der Waals surface area contributed by atoms with E-state index in [4.69, 9.17) is 9.47 Å². The predicted octanol–water partition coefficient (Wildman–Crippen LogP) is 1.85. The number of hydrogen-bond donors (Lipinski definition) is 1. The van der Waals surface area contributed by atoms with E-state index in [1.54, 1.807) is 25.3 Å². The molecule has 1 N–H and O–H groups in total. The first-order valence-electron chi connectivity index (χ1n) is 6.57. The van der Waals surface area contributed by atoms with Gasteiger partial charge in [-0.25, -0.2) is 0 Å². The minimum Gasteiger partial charge on any atom is -0.497 e. The van der Waals surface area contributed by atoms with E-state index in [9.17, 15) is 8.42 Å². The summed E-state index contributed by atoms with van der Waals surface area (Å²) in [5, 5.41) is 0. The number of piperidine rings is 1. The van der Waals surface area contributed by atoms with Gasteiger partial charge in [-0.1, -0.05) is 6.42 Å². The maximum absolute atomic E-state index is 12.3. The van der Waals surface area contributed by atoms with E-state index in [2.05, 4.69) is 4.72 Å². The Hall–Kier alpha value is -1.47. The second-order valence-electron chi connectivity index (χ2n) is 4.63. The average molecular weight is 300 g/mol. The molecule has 0 atom stereocenters. The molecule has 1 aromatic carbocycles. The highest BCUT2D eigenvalue weighted by molar-refractivity contribution is 7.90. The Kier molecular flexibility index (Phi) is 4.72. The van der Waals surface area contributed by atoms with Crippen molar-refractivity contribution in [2.75, 3.05) is 32.0 Å². The van der Waals surface area contributed by atoms with Crippen molar-refractivity contribution in [3.05, 3.63) is 18.2 Å². The molecule has 2 rings (SSSR count). The fraction of sp³-hybridized carbons (Fsp3) is 0.538. The van der Waals surface area contributed by atoms with E-state index >= 15 is 0 Å². The number of anilines is 1. The number of ether oxygens (including phenoxy) is 2. The van der Waals surface area contributed by atoms with E-state index in [1.165, 1.54) is 11.4 Å². The lowest BCUT2D eigenvalue weighted by Crippen LogP contribution is -2.39. The lowest BCUT2D eigenvalue weighted by molar-refractivity contribution is 0.348. The zero-order valence-electron chi connectivity index (χ0n) is 11.8. The highest BCUT2D eigenvalue weighted by atomic mass is 32.2. The quantitative estimate of drug-likeness (QED) is 0.901. The van der Waals surface area contributed by atoms with Gasteiger partial charge in [-0.2, -0.15) is 12.7 Å². The van der Waals surface area contributed by atoms with E-state index in [-0.39, 0.29) is 0 Å². The molecule has 20 heavy (non-hydrogen) atoms. The van der Waals surface area contributed by atoms with E-state index in [1.807, 2.05) is 0 Å². The molecular weight excluding hydrogens is 280 g/mol. The molecule has 0 aromatic heterocycles. The van der Waals surface area contributed by atoms with Crippen molar-refractivity contribution in [2.24, 2.45) is 0 Å². The summed E-state index contributed by atoms with van der Waals surface area (Å²) >= 11 is 0. The van der Waals surface area contributed by atoms with Gasteiger partial charge in [0.15, 0.2) is 0 Å². The first kappa shape index (κ1) is 14.9. The Bertz CT molecular complexity index is 553. The van der Waals surface area contributed by atoms with Crippen LogP contribution in [-0.2, 0) is 10.2 Å². The fourth-order valence-corrected chi connectivity index (χ4v) is 3.51. The lowest BCUT2D eigenvalue weighted by atomic mass is 10.2. The molecule has 112 valence electrons. The van der Waals surface area contributed by atoms with Crippen LogP contribution in [0.2, 0.25) is 0 Å². The van der Waals surface area contributed by atoms with Gasteiger partial charge in [0, 0.05) is 19.2 Å². The van der Waals surface area contributed by atoms with Gasteiger partial charge in [-0.3, -0.25) is 4.72 Å². The van der Waals surface area contributed by atoms with Gasteiger partial charge in [0.2, 0.25) is 0 Å². The largest absolute Gasteiger partial charge is 0.497 e. The van der Waals surface area contributed by atoms with Crippen molar-refractivity contribution < 1.29 is 17.9 Å². The Morgan fingerprint density at radius 1 is 1.10 bits per heavy atom. The third kappa shape index (κ3) is 3.34. The van der Waals surface area contributed by atoms with E-state index in [0.717, 1.165) is 19.3 Å². The normalized spacial score (nSPS) is 16.7. The number of benzene rings is 1. The number of nitrogens with zero attached hydrogens (tertiary/aromatic N) is 1. The number of rotatable bonds is 5. The topological polar surface area (TPSA) is 67.9 Å². The molecule has 0 saturated carbocycles. The molecular formula is C13H20N2O4S. The molecule has 0 bridgehead atoms. The molecule has 1 aromatic rings. The Labute approximate surface area is 119 Å². The van der Waals surface area contributed by atoms with Crippen molar-refractivity contribution in [1.82, 2.24) is 4.31 Å². The average Bonchev–Trinajstić information content (AvgIpc) is 2.48. The maximum atomic E-state index is 12.3. The fourth-order valence-electron chi connectivity index (χ4n) is 2.19. The lowest BCUT2D eigenvalue weighted by Gasteiger charge is -2.26. The van der Waals surface area contributed by atoms with Crippen molar-refractivity contribution in [1.29, 1.82) is 0 Å². The zero-order valence-corrected chi connectivity index (χ0v) is 12.6. The second kappa shape index (κ2) is 6.32. The Morgan fingerprint density at radius 3 is 2.40 bits per heavy atom. The van der Waals surface area contributed by atoms with Gasteiger partial charge in [0.05, 0.1) is 19.9 Å². The van der Waals surface area contributed by atoms with E-state index < -0.39 is 10.2 Å². The summed E-state index contributed by atoms with van der Waals surface area (Å²) in [6, 6.07) is 4.98. The molecule has 0 amide bonds. The van der Waals surface area contributed by atoms with Gasteiger partial charge in [-0.15, -0.1) is 0 Å². The molecule has 0 radical (unpaired) electrons. The van der Waals surface area contributed by atoms with Gasteiger partial charge in [0.1, 0.15) is 11.5 Å². The van der Waals surface area contributed by atoms with Crippen molar-refractivity contribution in [2.45, 2.75) is 19.3 Å². The van der Waals surface area contributed by atoms with Crippen LogP contribution in [0.5, 0.6) is 11.5 Å². The highest BCUT2D eigenvalue weighted by Crippen LogP contribution is 2.30. The van der Waals surface area contributed by atoms with Gasteiger partial charge in [0.25, 0.3) is 0 Å². The summed E-state index contributed by atoms with van der Waals surface area (Å²) in [6.45, 7) is 1.13. The smallest absolute Gasteiger partial charge is 0.301 e. The summed E-state index contributed by atoms with van der Waals surface area (Å²) < 4.78 is 38.9. The third-order valence-corrected chi connectivity index (χ3v) is 4.83. The molecule has 0 spiro atoms. The molecule has 7 heteroatoms. The molecule has 1 heterocycles. The third-order valence-electron chi connectivity index (χ3n) is 3.30. The molecule has 0 aliphatic carbocycles. The van der Waals surface area contributed by atoms with Crippen LogP contribution >= 0.6 is 0 Å². The van der Waals surface area contributed by atoms with Crippen LogP contribution in [0.1, 0.15) is 19.3 Å². The van der Waals surface area contributed by atoms with Crippen LogP contribution in [0.4, 0.5) is 5.69 Å². The van der Waals surface area contributed by atoms with Crippen LogP contribution in [0, 0.1) is 0 Å². The molecule has 1 aliphatic rings. The summed E-state index contributed by atoms with van der Waals surface area (Å²) in [5.41, 5.74) is 0.416. The number of hydrogen-bond acceptors (Lipinski definition) is 4. The van der Waals surface area contributed by atoms with Gasteiger partial charge >= 0.3 is 10.2 Å². The highest BCUT2D eigenvalue weighted by Gasteiger charge is 2.24. The van der Waals surface area contributed by atoms with Gasteiger partial charge < -0.3 is 9.47 Å². The van der Waals surface area contributed by atoms with E-state index in [0.29, 0.717) is 30.3 Å². The van der Waals surface area contributed by atoms with Crippen LogP contribution in [0.25, 0.3) is 0 Å². The van der Waals surface area contributed by atoms with Crippen LogP contribution in [-0.4, -0.2) is 40.0 Å². The first-order chi connectivity index (χ1) is 9.56. The monoisotopic (exact) mass is 300 g/mol. The summed E-state index contributed by atoms with van der Waals surface area (Å²) in [4.78, 5) is 0. The SMILES string of the molecule is COc1ccc(NS(=O)(=O)N2CCCCC2)c(OC)c1. The Balaban J connectivity index is 2.19. The molecule has 1 saturated heterocycles. The number of methoxy groups -OCH3 is 2. The predicted molar refractivity (Wildman–Crippen MR) is 77.5 cm³/mol. The summed E-state index contributed by atoms with van der Waals surface area (Å²) in [6.07, 6.45) is 2.89. The zero-order chi connectivity index (χ0) is 14.6.